The van der Waals surface area contributed by atoms with Crippen molar-refractivity contribution in [2.75, 3.05) is 0 Å². The fourth-order valence-electron chi connectivity index (χ4n) is 1.33. The minimum atomic E-state index is -0.566. The SMILES string of the molecule is CC(=O)[C@@]1(C)CCC(C)=C(C)O1. The van der Waals surface area contributed by atoms with Gasteiger partial charge in [0.2, 0.25) is 0 Å². The molecule has 0 bridgehead atoms. The number of Topliss-reactive ketones (excluding diaryl/α,β-unsaturated/α-hetero) is 1. The molecule has 0 aromatic rings. The molecule has 0 N–H and O–H groups in total. The first-order valence-corrected chi connectivity index (χ1v) is 4.32. The van der Waals surface area contributed by atoms with E-state index in [-0.39, 0.29) is 5.78 Å². The monoisotopic (exact) mass is 168 g/mol. The Labute approximate surface area is 73.6 Å². The maximum Gasteiger partial charge on any atom is 0.172 e. The van der Waals surface area contributed by atoms with Crippen LogP contribution in [0.25, 0.3) is 0 Å². The molecule has 2 heteroatoms. The fourth-order valence-corrected chi connectivity index (χ4v) is 1.33. The maximum atomic E-state index is 11.2. The molecule has 12 heavy (non-hydrogen) atoms. The minimum absolute atomic E-state index is 0.120. The van der Waals surface area contributed by atoms with Crippen molar-refractivity contribution in [3.63, 3.8) is 0 Å². The van der Waals surface area contributed by atoms with Crippen LogP contribution in [-0.2, 0) is 9.53 Å². The van der Waals surface area contributed by atoms with Crippen molar-refractivity contribution >= 4 is 5.78 Å². The molecule has 0 aromatic heterocycles. The second kappa shape index (κ2) is 2.92. The Balaban J connectivity index is 2.84. The number of ether oxygens (including phenoxy) is 1. The van der Waals surface area contributed by atoms with Crippen molar-refractivity contribution in [2.24, 2.45) is 0 Å². The molecule has 2 nitrogen and oxygen atoms in total. The highest BCUT2D eigenvalue weighted by Crippen LogP contribution is 2.31. The second-order valence-corrected chi connectivity index (χ2v) is 3.73. The van der Waals surface area contributed by atoms with Gasteiger partial charge in [0.15, 0.2) is 11.4 Å². The molecular weight excluding hydrogens is 152 g/mol. The zero-order valence-corrected chi connectivity index (χ0v) is 8.23. The molecule has 0 saturated heterocycles. The molecule has 1 atom stereocenters. The molecule has 0 amide bonds. The Kier molecular flexibility index (Phi) is 2.27. The first kappa shape index (κ1) is 9.30. The van der Waals surface area contributed by atoms with E-state index in [1.165, 1.54) is 5.57 Å². The molecule has 0 fully saturated rings. The number of rotatable bonds is 1. The highest BCUT2D eigenvalue weighted by Gasteiger charge is 2.34. The molecule has 0 saturated carbocycles. The molecule has 1 aliphatic rings. The number of ketones is 1. The van der Waals surface area contributed by atoms with Gasteiger partial charge in [-0.1, -0.05) is 0 Å². The van der Waals surface area contributed by atoms with Gasteiger partial charge in [0.05, 0.1) is 5.76 Å². The van der Waals surface area contributed by atoms with Crippen LogP contribution in [0.4, 0.5) is 0 Å². The topological polar surface area (TPSA) is 26.3 Å². The summed E-state index contributed by atoms with van der Waals surface area (Å²) in [4.78, 5) is 11.2. The third-order valence-electron chi connectivity index (χ3n) is 2.70. The van der Waals surface area contributed by atoms with Crippen molar-refractivity contribution < 1.29 is 9.53 Å². The Morgan fingerprint density at radius 3 is 2.50 bits per heavy atom. The molecule has 0 spiro atoms. The first-order chi connectivity index (χ1) is 5.46. The van der Waals surface area contributed by atoms with Crippen LogP contribution in [0.15, 0.2) is 11.3 Å². The highest BCUT2D eigenvalue weighted by molar-refractivity contribution is 5.84. The van der Waals surface area contributed by atoms with Gasteiger partial charge < -0.3 is 4.74 Å². The standard InChI is InChI=1S/C10H16O2/c1-7-5-6-10(4,9(3)11)12-8(7)2/h5-6H2,1-4H3/t10-/m1/s1. The van der Waals surface area contributed by atoms with E-state index in [0.29, 0.717) is 0 Å². The van der Waals surface area contributed by atoms with Crippen molar-refractivity contribution in [3.05, 3.63) is 11.3 Å². The van der Waals surface area contributed by atoms with Crippen molar-refractivity contribution in [1.29, 1.82) is 0 Å². The van der Waals surface area contributed by atoms with Gasteiger partial charge in [-0.05, 0) is 46.1 Å². The molecule has 1 rings (SSSR count). The van der Waals surface area contributed by atoms with Crippen LogP contribution in [-0.4, -0.2) is 11.4 Å². The number of allylic oxidation sites excluding steroid dienone is 2. The number of carbonyl (C=O) groups excluding carboxylic acids is 1. The minimum Gasteiger partial charge on any atom is -0.485 e. The van der Waals surface area contributed by atoms with E-state index in [2.05, 4.69) is 6.92 Å². The largest absolute Gasteiger partial charge is 0.485 e. The summed E-state index contributed by atoms with van der Waals surface area (Å²) < 4.78 is 5.58. The van der Waals surface area contributed by atoms with Gasteiger partial charge in [0.1, 0.15) is 0 Å². The Hall–Kier alpha value is -0.790. The van der Waals surface area contributed by atoms with Gasteiger partial charge in [-0.15, -0.1) is 0 Å². The smallest absolute Gasteiger partial charge is 0.172 e. The van der Waals surface area contributed by atoms with E-state index in [0.717, 1.165) is 18.6 Å². The molecule has 1 aliphatic heterocycles. The van der Waals surface area contributed by atoms with Crippen LogP contribution in [0.3, 0.4) is 0 Å². The van der Waals surface area contributed by atoms with Gasteiger partial charge in [-0.2, -0.15) is 0 Å². The zero-order valence-electron chi connectivity index (χ0n) is 8.23. The van der Waals surface area contributed by atoms with Gasteiger partial charge in [0.25, 0.3) is 0 Å². The molecule has 68 valence electrons. The normalized spacial score (nSPS) is 30.0. The Morgan fingerprint density at radius 2 is 2.08 bits per heavy atom. The third kappa shape index (κ3) is 1.52. The van der Waals surface area contributed by atoms with Crippen LogP contribution in [0.2, 0.25) is 0 Å². The van der Waals surface area contributed by atoms with Gasteiger partial charge in [-0.3, -0.25) is 4.79 Å². The summed E-state index contributed by atoms with van der Waals surface area (Å²) in [5.41, 5.74) is 0.692. The summed E-state index contributed by atoms with van der Waals surface area (Å²) in [6.07, 6.45) is 1.79. The highest BCUT2D eigenvalue weighted by atomic mass is 16.5. The van der Waals surface area contributed by atoms with Gasteiger partial charge >= 0.3 is 0 Å². The van der Waals surface area contributed by atoms with E-state index in [1.807, 2.05) is 13.8 Å². The zero-order chi connectivity index (χ0) is 9.35. The Bertz CT molecular complexity index is 240. The van der Waals surface area contributed by atoms with Crippen LogP contribution in [0.1, 0.15) is 40.5 Å². The fraction of sp³-hybridized carbons (Fsp3) is 0.700. The summed E-state index contributed by atoms with van der Waals surface area (Å²) in [6, 6.07) is 0. The molecular formula is C10H16O2. The summed E-state index contributed by atoms with van der Waals surface area (Å²) >= 11 is 0. The summed E-state index contributed by atoms with van der Waals surface area (Å²) in [5, 5.41) is 0. The van der Waals surface area contributed by atoms with E-state index < -0.39 is 5.60 Å². The van der Waals surface area contributed by atoms with Crippen molar-refractivity contribution in [2.45, 2.75) is 46.1 Å². The lowest BCUT2D eigenvalue weighted by Crippen LogP contribution is -2.38. The average Bonchev–Trinajstić information content (AvgIpc) is 1.97. The molecule has 1 heterocycles. The lowest BCUT2D eigenvalue weighted by Gasteiger charge is -2.33. The number of carbonyl (C=O) groups is 1. The van der Waals surface area contributed by atoms with Crippen LogP contribution < -0.4 is 0 Å². The average molecular weight is 168 g/mol. The lowest BCUT2D eigenvalue weighted by atomic mass is 9.90. The van der Waals surface area contributed by atoms with Crippen LogP contribution >= 0.6 is 0 Å². The summed E-state index contributed by atoms with van der Waals surface area (Å²) in [6.45, 7) is 7.43. The van der Waals surface area contributed by atoms with E-state index in [1.54, 1.807) is 6.92 Å². The molecule has 0 radical (unpaired) electrons. The predicted octanol–water partition coefficient (Wildman–Crippen LogP) is 2.44. The number of hydrogen-bond donors (Lipinski definition) is 0. The third-order valence-corrected chi connectivity index (χ3v) is 2.70. The van der Waals surface area contributed by atoms with Gasteiger partial charge in [-0.25, -0.2) is 0 Å². The van der Waals surface area contributed by atoms with E-state index >= 15 is 0 Å². The van der Waals surface area contributed by atoms with E-state index in [9.17, 15) is 4.79 Å². The van der Waals surface area contributed by atoms with Crippen LogP contribution in [0, 0.1) is 0 Å². The summed E-state index contributed by atoms with van der Waals surface area (Å²) in [7, 11) is 0. The van der Waals surface area contributed by atoms with Crippen LogP contribution in [0.5, 0.6) is 0 Å². The van der Waals surface area contributed by atoms with Crippen molar-refractivity contribution in [3.8, 4) is 0 Å². The van der Waals surface area contributed by atoms with Gasteiger partial charge in [0, 0.05) is 0 Å². The molecule has 0 aromatic carbocycles. The lowest BCUT2D eigenvalue weighted by molar-refractivity contribution is -0.137. The second-order valence-electron chi connectivity index (χ2n) is 3.73. The van der Waals surface area contributed by atoms with Crippen molar-refractivity contribution in [1.82, 2.24) is 0 Å². The summed E-state index contributed by atoms with van der Waals surface area (Å²) in [5.74, 6) is 1.04. The number of hydrogen-bond acceptors (Lipinski definition) is 2. The van der Waals surface area contributed by atoms with E-state index in [4.69, 9.17) is 4.74 Å². The quantitative estimate of drug-likeness (QED) is 0.601. The molecule has 0 unspecified atom stereocenters. The first-order valence-electron chi connectivity index (χ1n) is 4.32. The molecule has 0 aliphatic carbocycles. The predicted molar refractivity (Wildman–Crippen MR) is 47.8 cm³/mol. The Morgan fingerprint density at radius 1 is 1.50 bits per heavy atom. The maximum absolute atomic E-state index is 11.2.